The van der Waals surface area contributed by atoms with Crippen molar-refractivity contribution >= 4 is 15.2 Å². The number of hydrogen-bond donors (Lipinski definition) is 6. The SMILES string of the molecule is NCCC1CCCC(C(O)(P(=O)(O)O)P(=O)(O)O)C1. The van der Waals surface area contributed by atoms with Gasteiger partial charge < -0.3 is 30.4 Å². The van der Waals surface area contributed by atoms with E-state index in [0.717, 1.165) is 6.42 Å². The molecule has 0 amide bonds. The molecule has 1 fully saturated rings. The van der Waals surface area contributed by atoms with Crippen molar-refractivity contribution in [3.8, 4) is 0 Å². The Kier molecular flexibility index (Phi) is 5.38. The van der Waals surface area contributed by atoms with E-state index in [1.165, 1.54) is 0 Å². The predicted molar refractivity (Wildman–Crippen MR) is 68.2 cm³/mol. The van der Waals surface area contributed by atoms with Gasteiger partial charge >= 0.3 is 15.2 Å². The molecule has 0 aromatic carbocycles. The third-order valence-electron chi connectivity index (χ3n) is 3.76. The molecule has 1 rings (SSSR count). The second kappa shape index (κ2) is 5.92. The molecular formula is C9H21NO7P2. The summed E-state index contributed by atoms with van der Waals surface area (Å²) in [6.07, 6.45) is 2.27. The largest absolute Gasteiger partial charge is 0.369 e. The molecule has 0 saturated heterocycles. The summed E-state index contributed by atoms with van der Waals surface area (Å²) in [5, 5.41) is 6.75. The minimum Gasteiger partial charge on any atom is -0.367 e. The molecule has 1 aliphatic carbocycles. The van der Waals surface area contributed by atoms with Crippen LogP contribution < -0.4 is 5.73 Å². The Labute approximate surface area is 111 Å². The first-order chi connectivity index (χ1) is 8.54. The van der Waals surface area contributed by atoms with Crippen LogP contribution in [0.15, 0.2) is 0 Å². The highest BCUT2D eigenvalue weighted by Crippen LogP contribution is 2.72. The van der Waals surface area contributed by atoms with Crippen LogP contribution in [0.25, 0.3) is 0 Å². The van der Waals surface area contributed by atoms with Gasteiger partial charge in [-0.05, 0) is 31.7 Å². The molecule has 114 valence electrons. The van der Waals surface area contributed by atoms with E-state index >= 15 is 0 Å². The lowest BCUT2D eigenvalue weighted by atomic mass is 9.80. The molecule has 1 aliphatic rings. The molecule has 19 heavy (non-hydrogen) atoms. The second-order valence-electron chi connectivity index (χ2n) is 5.08. The van der Waals surface area contributed by atoms with Gasteiger partial charge in [-0.1, -0.05) is 12.8 Å². The fourth-order valence-electron chi connectivity index (χ4n) is 2.79. The molecule has 1 saturated carbocycles. The van der Waals surface area contributed by atoms with Gasteiger partial charge in [0.15, 0.2) is 0 Å². The van der Waals surface area contributed by atoms with Gasteiger partial charge in [0.2, 0.25) is 0 Å². The van der Waals surface area contributed by atoms with E-state index in [1.54, 1.807) is 0 Å². The summed E-state index contributed by atoms with van der Waals surface area (Å²) < 4.78 is 22.8. The highest BCUT2D eigenvalue weighted by Gasteiger charge is 2.64. The van der Waals surface area contributed by atoms with E-state index in [0.29, 0.717) is 19.4 Å². The zero-order valence-corrected chi connectivity index (χ0v) is 12.2. The molecule has 2 atom stereocenters. The van der Waals surface area contributed by atoms with Crippen LogP contribution in [0.4, 0.5) is 0 Å². The third-order valence-corrected chi connectivity index (χ3v) is 7.77. The standard InChI is InChI=1S/C9H21NO7P2/c10-5-4-7-2-1-3-8(6-7)9(11,18(12,13)14)19(15,16)17/h7-8,11H,1-6,10H2,(H2,12,13,14)(H2,15,16,17). The summed E-state index contributed by atoms with van der Waals surface area (Å²) in [4.78, 5) is 36.7. The van der Waals surface area contributed by atoms with Gasteiger partial charge in [-0.3, -0.25) is 9.13 Å². The van der Waals surface area contributed by atoms with Crippen molar-refractivity contribution in [1.29, 1.82) is 0 Å². The normalized spacial score (nSPS) is 26.4. The van der Waals surface area contributed by atoms with Crippen LogP contribution in [-0.4, -0.2) is 36.3 Å². The summed E-state index contributed by atoms with van der Waals surface area (Å²) in [6, 6.07) is 0. The molecule has 0 bridgehead atoms. The molecule has 0 aromatic heterocycles. The Morgan fingerprint density at radius 3 is 2.05 bits per heavy atom. The summed E-state index contributed by atoms with van der Waals surface area (Å²) in [5.74, 6) is -1.10. The first-order valence-electron chi connectivity index (χ1n) is 6.07. The maximum atomic E-state index is 11.4. The lowest BCUT2D eigenvalue weighted by Crippen LogP contribution is -2.40. The molecular weight excluding hydrogens is 296 g/mol. The van der Waals surface area contributed by atoms with Crippen molar-refractivity contribution in [3.63, 3.8) is 0 Å². The van der Waals surface area contributed by atoms with E-state index < -0.39 is 26.2 Å². The summed E-state index contributed by atoms with van der Waals surface area (Å²) in [5.41, 5.74) is 5.42. The summed E-state index contributed by atoms with van der Waals surface area (Å²) in [6.45, 7) is 0.391. The van der Waals surface area contributed by atoms with Crippen molar-refractivity contribution < 1.29 is 33.8 Å². The molecule has 0 aromatic rings. The third kappa shape index (κ3) is 3.46. The maximum absolute atomic E-state index is 11.4. The molecule has 0 spiro atoms. The lowest BCUT2D eigenvalue weighted by Gasteiger charge is -2.40. The minimum absolute atomic E-state index is 0.0216. The first-order valence-corrected chi connectivity index (χ1v) is 9.30. The number of rotatable bonds is 5. The van der Waals surface area contributed by atoms with Crippen molar-refractivity contribution in [1.82, 2.24) is 0 Å². The van der Waals surface area contributed by atoms with Crippen molar-refractivity contribution in [3.05, 3.63) is 0 Å². The minimum atomic E-state index is -5.36. The average molecular weight is 317 g/mol. The van der Waals surface area contributed by atoms with Gasteiger partial charge in [0.05, 0.1) is 0 Å². The molecule has 0 heterocycles. The van der Waals surface area contributed by atoms with E-state index in [9.17, 15) is 33.8 Å². The van der Waals surface area contributed by atoms with Gasteiger partial charge in [0.25, 0.3) is 5.08 Å². The predicted octanol–water partition coefficient (Wildman–Crippen LogP) is 0.143. The van der Waals surface area contributed by atoms with E-state index in [-0.39, 0.29) is 18.8 Å². The van der Waals surface area contributed by atoms with Gasteiger partial charge in [0.1, 0.15) is 0 Å². The first kappa shape index (κ1) is 17.3. The smallest absolute Gasteiger partial charge is 0.367 e. The number of nitrogens with two attached hydrogens (primary N) is 1. The Hall–Kier alpha value is 0.220. The van der Waals surface area contributed by atoms with Crippen LogP contribution in [0.5, 0.6) is 0 Å². The second-order valence-corrected chi connectivity index (χ2v) is 8.97. The summed E-state index contributed by atoms with van der Waals surface area (Å²) >= 11 is 0. The average Bonchev–Trinajstić information content (AvgIpc) is 2.25. The lowest BCUT2D eigenvalue weighted by molar-refractivity contribution is 0.0478. The Morgan fingerprint density at radius 2 is 1.63 bits per heavy atom. The Balaban J connectivity index is 3.07. The molecule has 2 unspecified atom stereocenters. The van der Waals surface area contributed by atoms with Crippen molar-refractivity contribution in [2.24, 2.45) is 17.6 Å². The fraction of sp³-hybridized carbons (Fsp3) is 1.00. The zero-order valence-electron chi connectivity index (χ0n) is 10.4. The monoisotopic (exact) mass is 317 g/mol. The summed E-state index contributed by atoms with van der Waals surface area (Å²) in [7, 11) is -10.7. The molecule has 8 nitrogen and oxygen atoms in total. The molecule has 7 N–H and O–H groups in total. The van der Waals surface area contributed by atoms with Gasteiger partial charge in [-0.25, -0.2) is 0 Å². The maximum Gasteiger partial charge on any atom is 0.369 e. The van der Waals surface area contributed by atoms with Gasteiger partial charge in [-0.15, -0.1) is 0 Å². The van der Waals surface area contributed by atoms with Crippen LogP contribution in [0.3, 0.4) is 0 Å². The topological polar surface area (TPSA) is 161 Å². The zero-order chi connectivity index (χ0) is 14.9. The van der Waals surface area contributed by atoms with Crippen LogP contribution >= 0.6 is 15.2 Å². The molecule has 0 radical (unpaired) electrons. The van der Waals surface area contributed by atoms with Crippen molar-refractivity contribution in [2.45, 2.75) is 37.2 Å². The van der Waals surface area contributed by atoms with E-state index in [4.69, 9.17) is 5.73 Å². The number of aliphatic hydroxyl groups is 1. The molecule has 10 heteroatoms. The van der Waals surface area contributed by atoms with E-state index in [2.05, 4.69) is 0 Å². The molecule has 0 aliphatic heterocycles. The van der Waals surface area contributed by atoms with Crippen LogP contribution in [0, 0.1) is 11.8 Å². The number of hydrogen-bond acceptors (Lipinski definition) is 4. The fourth-order valence-corrected chi connectivity index (χ4v) is 5.56. The Bertz CT molecular complexity index is 379. The quantitative estimate of drug-likeness (QED) is 0.390. The highest BCUT2D eigenvalue weighted by atomic mass is 31.2. The van der Waals surface area contributed by atoms with Gasteiger partial charge in [-0.2, -0.15) is 0 Å². The van der Waals surface area contributed by atoms with Crippen LogP contribution in [0.2, 0.25) is 0 Å². The van der Waals surface area contributed by atoms with Crippen molar-refractivity contribution in [2.75, 3.05) is 6.54 Å². The van der Waals surface area contributed by atoms with Crippen LogP contribution in [0.1, 0.15) is 32.1 Å². The van der Waals surface area contributed by atoms with Gasteiger partial charge in [0, 0.05) is 5.92 Å². The highest BCUT2D eigenvalue weighted by molar-refractivity contribution is 7.72. The van der Waals surface area contributed by atoms with E-state index in [1.807, 2.05) is 0 Å². The Morgan fingerprint density at radius 1 is 1.11 bits per heavy atom. The van der Waals surface area contributed by atoms with Crippen LogP contribution in [-0.2, 0) is 9.13 Å².